The molecule has 0 aliphatic heterocycles. The molecule has 0 saturated heterocycles. The van der Waals surface area contributed by atoms with Gasteiger partial charge in [-0.2, -0.15) is 0 Å². The number of hydrogen-bond acceptors (Lipinski definition) is 2. The minimum atomic E-state index is -0.228. The minimum absolute atomic E-state index is 0.0115. The van der Waals surface area contributed by atoms with Crippen molar-refractivity contribution in [2.24, 2.45) is 0 Å². The Balaban J connectivity index is 1.89. The Labute approximate surface area is 141 Å². The van der Waals surface area contributed by atoms with Gasteiger partial charge in [-0.3, -0.25) is 13.9 Å². The summed E-state index contributed by atoms with van der Waals surface area (Å²) < 4.78 is 4.12. The second kappa shape index (κ2) is 6.42. The highest BCUT2D eigenvalue weighted by Crippen LogP contribution is 2.15. The summed E-state index contributed by atoms with van der Waals surface area (Å²) in [5.41, 5.74) is 2.15. The van der Waals surface area contributed by atoms with Crippen LogP contribution in [0.15, 0.2) is 57.8 Å². The van der Waals surface area contributed by atoms with Crippen LogP contribution in [0.5, 0.6) is 0 Å². The van der Waals surface area contributed by atoms with Crippen molar-refractivity contribution in [1.29, 1.82) is 0 Å². The lowest BCUT2D eigenvalue weighted by Gasteiger charge is -2.06. The van der Waals surface area contributed by atoms with Gasteiger partial charge in [0, 0.05) is 16.7 Å². The molecule has 1 aromatic heterocycles. The number of nitrogens with zero attached hydrogens (tertiary/aromatic N) is 2. The number of carbonyl (C=O) groups excluding carboxylic acids is 1. The van der Waals surface area contributed by atoms with Gasteiger partial charge in [0.05, 0.1) is 11.0 Å². The summed E-state index contributed by atoms with van der Waals surface area (Å²) in [7, 11) is 0. The van der Waals surface area contributed by atoms with Crippen molar-refractivity contribution in [3.63, 3.8) is 0 Å². The van der Waals surface area contributed by atoms with E-state index in [0.717, 1.165) is 15.5 Å². The van der Waals surface area contributed by atoms with E-state index in [0.29, 0.717) is 12.2 Å². The van der Waals surface area contributed by atoms with Crippen LogP contribution in [0.1, 0.15) is 6.92 Å². The van der Waals surface area contributed by atoms with E-state index in [9.17, 15) is 9.59 Å². The number of benzene rings is 2. The van der Waals surface area contributed by atoms with Gasteiger partial charge in [0.15, 0.2) is 0 Å². The molecule has 6 heteroatoms. The molecule has 0 unspecified atom stereocenters. The molecule has 3 aromatic rings. The zero-order valence-corrected chi connectivity index (χ0v) is 14.2. The minimum Gasteiger partial charge on any atom is -0.325 e. The van der Waals surface area contributed by atoms with E-state index in [4.69, 9.17) is 0 Å². The van der Waals surface area contributed by atoms with E-state index in [1.807, 2.05) is 43.3 Å². The van der Waals surface area contributed by atoms with Gasteiger partial charge in [-0.25, -0.2) is 4.79 Å². The number of hydrogen-bond donors (Lipinski definition) is 1. The first-order valence-corrected chi connectivity index (χ1v) is 8.13. The van der Waals surface area contributed by atoms with Crippen molar-refractivity contribution in [3.8, 4) is 0 Å². The number of imidazole rings is 1. The van der Waals surface area contributed by atoms with Gasteiger partial charge in [0.2, 0.25) is 5.91 Å². The summed E-state index contributed by atoms with van der Waals surface area (Å²) in [5, 5.41) is 2.81. The van der Waals surface area contributed by atoms with Gasteiger partial charge >= 0.3 is 5.69 Å². The molecule has 0 aliphatic carbocycles. The quantitative estimate of drug-likeness (QED) is 0.763. The maximum atomic E-state index is 12.5. The molecular formula is C17H16BrN3O2. The van der Waals surface area contributed by atoms with Crippen LogP contribution in [0, 0.1) is 0 Å². The Bertz CT molecular complexity index is 910. The molecule has 1 heterocycles. The third-order valence-corrected chi connectivity index (χ3v) is 4.20. The van der Waals surface area contributed by atoms with E-state index in [2.05, 4.69) is 21.2 Å². The number of para-hydroxylation sites is 2. The van der Waals surface area contributed by atoms with Crippen molar-refractivity contribution in [1.82, 2.24) is 9.13 Å². The van der Waals surface area contributed by atoms with Crippen LogP contribution in [0.4, 0.5) is 5.69 Å². The summed E-state index contributed by atoms with van der Waals surface area (Å²) in [6.45, 7) is 2.48. The first kappa shape index (κ1) is 15.6. The first-order valence-electron chi connectivity index (χ1n) is 7.33. The van der Waals surface area contributed by atoms with Crippen LogP contribution in [-0.4, -0.2) is 15.0 Å². The number of aromatic nitrogens is 2. The van der Waals surface area contributed by atoms with Crippen LogP contribution in [0.3, 0.4) is 0 Å². The average molecular weight is 374 g/mol. The van der Waals surface area contributed by atoms with Crippen LogP contribution < -0.4 is 11.0 Å². The number of halogens is 1. The monoisotopic (exact) mass is 373 g/mol. The molecule has 2 aromatic carbocycles. The lowest BCUT2D eigenvalue weighted by atomic mass is 10.3. The standard InChI is InChI=1S/C17H16BrN3O2/c1-2-20-14-5-3-4-6-15(14)21(17(20)23)11-16(22)19-13-9-7-12(18)8-10-13/h3-10H,2,11H2,1H3,(H,19,22). The van der Waals surface area contributed by atoms with E-state index in [1.54, 1.807) is 16.7 Å². The van der Waals surface area contributed by atoms with E-state index in [-0.39, 0.29) is 18.1 Å². The van der Waals surface area contributed by atoms with Crippen LogP contribution in [-0.2, 0) is 17.9 Å². The van der Waals surface area contributed by atoms with Gasteiger partial charge in [-0.15, -0.1) is 0 Å². The molecule has 0 atom stereocenters. The maximum Gasteiger partial charge on any atom is 0.329 e. The largest absolute Gasteiger partial charge is 0.329 e. The Morgan fingerprint density at radius 2 is 1.65 bits per heavy atom. The van der Waals surface area contributed by atoms with Crippen LogP contribution in [0.2, 0.25) is 0 Å². The molecule has 5 nitrogen and oxygen atoms in total. The smallest absolute Gasteiger partial charge is 0.325 e. The molecule has 0 bridgehead atoms. The number of fused-ring (bicyclic) bond motifs is 1. The third kappa shape index (κ3) is 3.07. The number of nitrogens with one attached hydrogen (secondary N) is 1. The predicted octanol–water partition coefficient (Wildman–Crippen LogP) is 3.22. The van der Waals surface area contributed by atoms with Gasteiger partial charge in [0.25, 0.3) is 0 Å². The molecule has 0 aliphatic rings. The third-order valence-electron chi connectivity index (χ3n) is 3.67. The van der Waals surface area contributed by atoms with Gasteiger partial charge in [-0.05, 0) is 43.3 Å². The van der Waals surface area contributed by atoms with Crippen molar-refractivity contribution in [2.75, 3.05) is 5.32 Å². The fourth-order valence-corrected chi connectivity index (χ4v) is 2.87. The molecular weight excluding hydrogens is 358 g/mol. The molecule has 0 spiro atoms. The highest BCUT2D eigenvalue weighted by atomic mass is 79.9. The maximum absolute atomic E-state index is 12.5. The van der Waals surface area contributed by atoms with E-state index >= 15 is 0 Å². The fourth-order valence-electron chi connectivity index (χ4n) is 2.61. The Morgan fingerprint density at radius 1 is 1.04 bits per heavy atom. The molecule has 118 valence electrons. The fraction of sp³-hybridized carbons (Fsp3) is 0.176. The molecule has 1 N–H and O–H groups in total. The normalized spacial score (nSPS) is 10.9. The molecule has 0 radical (unpaired) electrons. The highest BCUT2D eigenvalue weighted by molar-refractivity contribution is 9.10. The number of amides is 1. The Morgan fingerprint density at radius 3 is 2.26 bits per heavy atom. The molecule has 0 fully saturated rings. The second-order valence-corrected chi connectivity index (χ2v) is 6.07. The average Bonchev–Trinajstić information content (AvgIpc) is 2.81. The number of carbonyl (C=O) groups is 1. The zero-order valence-electron chi connectivity index (χ0n) is 12.6. The molecule has 1 amide bonds. The SMILES string of the molecule is CCn1c(=O)n(CC(=O)Nc2ccc(Br)cc2)c2ccccc21. The van der Waals surface area contributed by atoms with Gasteiger partial charge < -0.3 is 5.32 Å². The Hall–Kier alpha value is -2.34. The summed E-state index contributed by atoms with van der Waals surface area (Å²) in [4.78, 5) is 24.8. The summed E-state index contributed by atoms with van der Waals surface area (Å²) in [6, 6.07) is 14.8. The number of rotatable bonds is 4. The van der Waals surface area contributed by atoms with E-state index in [1.165, 1.54) is 4.57 Å². The molecule has 23 heavy (non-hydrogen) atoms. The van der Waals surface area contributed by atoms with Crippen LogP contribution >= 0.6 is 15.9 Å². The second-order valence-electron chi connectivity index (χ2n) is 5.16. The summed E-state index contributed by atoms with van der Waals surface area (Å²) >= 11 is 3.35. The van der Waals surface area contributed by atoms with Gasteiger partial charge in [-0.1, -0.05) is 28.1 Å². The number of aryl methyl sites for hydroxylation is 1. The highest BCUT2D eigenvalue weighted by Gasteiger charge is 2.14. The Kier molecular flexibility index (Phi) is 4.34. The molecule has 0 saturated carbocycles. The lowest BCUT2D eigenvalue weighted by molar-refractivity contribution is -0.116. The van der Waals surface area contributed by atoms with Crippen molar-refractivity contribution >= 4 is 38.6 Å². The molecule has 3 rings (SSSR count). The lowest BCUT2D eigenvalue weighted by Crippen LogP contribution is -2.29. The predicted molar refractivity (Wildman–Crippen MR) is 94.6 cm³/mol. The van der Waals surface area contributed by atoms with Crippen molar-refractivity contribution < 1.29 is 4.79 Å². The zero-order chi connectivity index (χ0) is 16.4. The van der Waals surface area contributed by atoms with Crippen LogP contribution in [0.25, 0.3) is 11.0 Å². The van der Waals surface area contributed by atoms with Gasteiger partial charge in [0.1, 0.15) is 6.54 Å². The van der Waals surface area contributed by atoms with E-state index < -0.39 is 0 Å². The summed E-state index contributed by atoms with van der Waals surface area (Å²) in [5.74, 6) is -0.228. The van der Waals surface area contributed by atoms with Crippen molar-refractivity contribution in [2.45, 2.75) is 20.0 Å². The topological polar surface area (TPSA) is 56.0 Å². The first-order chi connectivity index (χ1) is 11.1. The van der Waals surface area contributed by atoms with Crippen molar-refractivity contribution in [3.05, 3.63) is 63.5 Å². The number of anilines is 1. The summed E-state index contributed by atoms with van der Waals surface area (Å²) in [6.07, 6.45) is 0.